The molecule has 0 bridgehead atoms. The summed E-state index contributed by atoms with van der Waals surface area (Å²) in [5, 5.41) is 12.1. The predicted octanol–water partition coefficient (Wildman–Crippen LogP) is 2.62. The van der Waals surface area contributed by atoms with E-state index in [-0.39, 0.29) is 12.5 Å². The molecule has 4 aromatic rings. The molecule has 0 spiro atoms. The van der Waals surface area contributed by atoms with E-state index in [0.29, 0.717) is 27.2 Å². The summed E-state index contributed by atoms with van der Waals surface area (Å²) in [5.74, 6) is 0.408. The quantitative estimate of drug-likeness (QED) is 0.476. The first-order chi connectivity index (χ1) is 15.9. The zero-order valence-electron chi connectivity index (χ0n) is 18.0. The Balaban J connectivity index is 1.61. The first kappa shape index (κ1) is 22.0. The first-order valence-corrected chi connectivity index (χ1v) is 10.9. The Bertz CT molecular complexity index is 1490. The Hall–Kier alpha value is -4.16. The molecule has 1 N–H and O–H groups in total. The minimum Gasteiger partial charge on any atom is -0.497 e. The van der Waals surface area contributed by atoms with Gasteiger partial charge in [-0.1, -0.05) is 24.3 Å². The standard InChI is InChI=1S/C24H20N4O4S/c1-27-23-19(22(30)28(24(27)31)14-17-5-3-15(12-25)4-6-17)11-20(33-23)21(29)26-13-16-7-9-18(32-2)10-8-16/h3-11H,13-14H2,1-2H3,(H,26,29). The molecule has 0 radical (unpaired) electrons. The van der Waals surface area contributed by atoms with Gasteiger partial charge < -0.3 is 10.1 Å². The first-order valence-electron chi connectivity index (χ1n) is 10.0. The molecule has 2 heterocycles. The van der Waals surface area contributed by atoms with E-state index < -0.39 is 11.2 Å². The van der Waals surface area contributed by atoms with Crippen LogP contribution in [0.1, 0.15) is 26.4 Å². The summed E-state index contributed by atoms with van der Waals surface area (Å²) >= 11 is 1.10. The van der Waals surface area contributed by atoms with Crippen LogP contribution in [0, 0.1) is 11.3 Å². The maximum atomic E-state index is 13.1. The third kappa shape index (κ3) is 4.42. The van der Waals surface area contributed by atoms with Crippen LogP contribution >= 0.6 is 11.3 Å². The van der Waals surface area contributed by atoms with Crippen molar-refractivity contribution >= 4 is 27.5 Å². The van der Waals surface area contributed by atoms with Gasteiger partial charge >= 0.3 is 5.69 Å². The number of hydrogen-bond donors (Lipinski definition) is 1. The van der Waals surface area contributed by atoms with Crippen molar-refractivity contribution < 1.29 is 9.53 Å². The zero-order chi connectivity index (χ0) is 23.5. The van der Waals surface area contributed by atoms with Gasteiger partial charge in [-0.25, -0.2) is 4.79 Å². The third-order valence-electron chi connectivity index (χ3n) is 5.27. The van der Waals surface area contributed by atoms with E-state index in [1.54, 1.807) is 38.4 Å². The highest BCUT2D eigenvalue weighted by molar-refractivity contribution is 7.20. The van der Waals surface area contributed by atoms with Gasteiger partial charge in [0.2, 0.25) is 0 Å². The van der Waals surface area contributed by atoms with Crippen LogP contribution in [-0.4, -0.2) is 22.2 Å². The second-order valence-corrected chi connectivity index (χ2v) is 8.43. The Kier molecular flexibility index (Phi) is 6.11. The van der Waals surface area contributed by atoms with Gasteiger partial charge in [0.15, 0.2) is 0 Å². The summed E-state index contributed by atoms with van der Waals surface area (Å²) in [5.41, 5.74) is 1.20. The molecular weight excluding hydrogens is 440 g/mol. The van der Waals surface area contributed by atoms with E-state index in [1.165, 1.54) is 10.6 Å². The lowest BCUT2D eigenvalue weighted by molar-refractivity contribution is 0.0955. The number of benzene rings is 2. The number of nitrogens with zero attached hydrogens (tertiary/aromatic N) is 3. The van der Waals surface area contributed by atoms with Crippen molar-refractivity contribution in [2.24, 2.45) is 7.05 Å². The second kappa shape index (κ2) is 9.14. The highest BCUT2D eigenvalue weighted by atomic mass is 32.1. The molecule has 1 amide bonds. The van der Waals surface area contributed by atoms with Crippen LogP contribution in [0.15, 0.2) is 64.2 Å². The summed E-state index contributed by atoms with van der Waals surface area (Å²) in [6.45, 7) is 0.390. The van der Waals surface area contributed by atoms with Crippen LogP contribution in [-0.2, 0) is 20.1 Å². The maximum Gasteiger partial charge on any atom is 0.332 e. The minimum absolute atomic E-state index is 0.0714. The third-order valence-corrected chi connectivity index (χ3v) is 6.48. The number of thiophene rings is 1. The number of carbonyl (C=O) groups excluding carboxylic acids is 1. The zero-order valence-corrected chi connectivity index (χ0v) is 18.8. The van der Waals surface area contributed by atoms with Crippen LogP contribution < -0.4 is 21.3 Å². The van der Waals surface area contributed by atoms with Gasteiger partial charge in [-0.15, -0.1) is 11.3 Å². The highest BCUT2D eigenvalue weighted by Gasteiger charge is 2.18. The van der Waals surface area contributed by atoms with Gasteiger partial charge in [0.05, 0.1) is 35.6 Å². The molecule has 2 aromatic heterocycles. The molecule has 4 rings (SSSR count). The molecule has 0 unspecified atom stereocenters. The Morgan fingerprint density at radius 1 is 1.09 bits per heavy atom. The summed E-state index contributed by atoms with van der Waals surface area (Å²) in [6, 6.07) is 17.6. The van der Waals surface area contributed by atoms with Crippen molar-refractivity contribution in [3.8, 4) is 11.8 Å². The molecular formula is C24H20N4O4S. The molecule has 0 saturated heterocycles. The number of nitrogens with one attached hydrogen (secondary N) is 1. The number of fused-ring (bicyclic) bond motifs is 1. The molecule has 33 heavy (non-hydrogen) atoms. The fourth-order valence-electron chi connectivity index (χ4n) is 3.42. The fourth-order valence-corrected chi connectivity index (χ4v) is 4.44. The van der Waals surface area contributed by atoms with E-state index in [2.05, 4.69) is 5.32 Å². The minimum atomic E-state index is -0.469. The molecule has 166 valence electrons. The number of nitriles is 1. The smallest absolute Gasteiger partial charge is 0.332 e. The van der Waals surface area contributed by atoms with Gasteiger partial charge in [-0.3, -0.25) is 18.7 Å². The molecule has 0 saturated carbocycles. The van der Waals surface area contributed by atoms with Crippen LogP contribution in [0.4, 0.5) is 0 Å². The van der Waals surface area contributed by atoms with Crippen LogP contribution in [0.5, 0.6) is 5.75 Å². The summed E-state index contributed by atoms with van der Waals surface area (Å²) in [7, 11) is 3.17. The van der Waals surface area contributed by atoms with E-state index >= 15 is 0 Å². The summed E-state index contributed by atoms with van der Waals surface area (Å²) in [4.78, 5) is 39.4. The molecule has 2 aromatic carbocycles. The molecule has 9 heteroatoms. The van der Waals surface area contributed by atoms with Gasteiger partial charge in [-0.05, 0) is 41.5 Å². The number of amides is 1. The number of rotatable bonds is 6. The van der Waals surface area contributed by atoms with E-state index in [9.17, 15) is 14.4 Å². The Morgan fingerprint density at radius 2 is 1.76 bits per heavy atom. The van der Waals surface area contributed by atoms with Gasteiger partial charge in [0, 0.05) is 13.6 Å². The lowest BCUT2D eigenvalue weighted by atomic mass is 10.1. The van der Waals surface area contributed by atoms with E-state index in [1.807, 2.05) is 30.3 Å². The topological polar surface area (TPSA) is 106 Å². The van der Waals surface area contributed by atoms with Gasteiger partial charge in [0.25, 0.3) is 11.5 Å². The molecule has 0 atom stereocenters. The van der Waals surface area contributed by atoms with Crippen molar-refractivity contribution in [2.75, 3.05) is 7.11 Å². The van der Waals surface area contributed by atoms with Crippen molar-refractivity contribution in [2.45, 2.75) is 13.1 Å². The molecule has 8 nitrogen and oxygen atoms in total. The van der Waals surface area contributed by atoms with Crippen LogP contribution in [0.25, 0.3) is 10.2 Å². The lowest BCUT2D eigenvalue weighted by Crippen LogP contribution is -2.38. The Labute approximate surface area is 192 Å². The van der Waals surface area contributed by atoms with E-state index in [4.69, 9.17) is 10.00 Å². The number of carbonyl (C=O) groups is 1. The molecule has 0 aliphatic heterocycles. The number of aromatic nitrogens is 2. The monoisotopic (exact) mass is 460 g/mol. The SMILES string of the molecule is COc1ccc(CNC(=O)c2cc3c(=O)n(Cc4ccc(C#N)cc4)c(=O)n(C)c3s2)cc1. The highest BCUT2D eigenvalue weighted by Crippen LogP contribution is 2.22. The molecule has 0 aliphatic carbocycles. The summed E-state index contributed by atoms with van der Waals surface area (Å²) in [6.07, 6.45) is 0. The average molecular weight is 461 g/mol. The van der Waals surface area contributed by atoms with Crippen molar-refractivity contribution in [1.82, 2.24) is 14.5 Å². The van der Waals surface area contributed by atoms with E-state index in [0.717, 1.165) is 32.8 Å². The summed E-state index contributed by atoms with van der Waals surface area (Å²) < 4.78 is 7.64. The van der Waals surface area contributed by atoms with Crippen molar-refractivity contribution in [1.29, 1.82) is 5.26 Å². The number of ether oxygens (including phenoxy) is 1. The van der Waals surface area contributed by atoms with Crippen LogP contribution in [0.2, 0.25) is 0 Å². The van der Waals surface area contributed by atoms with Gasteiger partial charge in [-0.2, -0.15) is 5.26 Å². The van der Waals surface area contributed by atoms with Crippen LogP contribution in [0.3, 0.4) is 0 Å². The normalized spacial score (nSPS) is 10.7. The Morgan fingerprint density at radius 3 is 2.39 bits per heavy atom. The van der Waals surface area contributed by atoms with Gasteiger partial charge in [0.1, 0.15) is 10.6 Å². The average Bonchev–Trinajstić information content (AvgIpc) is 3.30. The maximum absolute atomic E-state index is 13.1. The number of methoxy groups -OCH3 is 1. The fraction of sp³-hybridized carbons (Fsp3) is 0.167. The molecule has 0 aliphatic rings. The van der Waals surface area contributed by atoms with Crippen molar-refractivity contribution in [3.05, 3.63) is 97.0 Å². The second-order valence-electron chi connectivity index (χ2n) is 7.40. The van der Waals surface area contributed by atoms with Crippen molar-refractivity contribution in [3.63, 3.8) is 0 Å². The predicted molar refractivity (Wildman–Crippen MR) is 126 cm³/mol. The molecule has 0 fully saturated rings. The number of hydrogen-bond acceptors (Lipinski definition) is 6. The largest absolute Gasteiger partial charge is 0.497 e. The lowest BCUT2D eigenvalue weighted by Gasteiger charge is -2.08. The number of aryl methyl sites for hydroxylation is 1.